The van der Waals surface area contributed by atoms with E-state index in [1.165, 1.54) is 30.2 Å². The largest absolute Gasteiger partial charge is 0.372 e. The van der Waals surface area contributed by atoms with Gasteiger partial charge in [-0.1, -0.05) is 18.2 Å². The minimum atomic E-state index is -0.190. The number of aromatic nitrogens is 1. The van der Waals surface area contributed by atoms with Crippen LogP contribution >= 0.6 is 0 Å². The van der Waals surface area contributed by atoms with Gasteiger partial charge >= 0.3 is 0 Å². The van der Waals surface area contributed by atoms with Crippen LogP contribution in [0.3, 0.4) is 0 Å². The molecule has 0 spiro atoms. The fourth-order valence-electron chi connectivity index (χ4n) is 4.33. The number of anilines is 2. The maximum Gasteiger partial charge on any atom is 0.255 e. The molecule has 2 aliphatic rings. The average Bonchev–Trinajstić information content (AvgIpc) is 3.41. The van der Waals surface area contributed by atoms with Gasteiger partial charge in [0.25, 0.3) is 11.5 Å². The summed E-state index contributed by atoms with van der Waals surface area (Å²) in [5, 5.41) is 0.945. The highest BCUT2D eigenvalue weighted by molar-refractivity contribution is 6.05. The number of carbonyl (C=O) groups excluding carboxylic acids is 1. The maximum atomic E-state index is 12.8. The summed E-state index contributed by atoms with van der Waals surface area (Å²) in [6.07, 6.45) is 6.49. The summed E-state index contributed by atoms with van der Waals surface area (Å²) in [5.74, 6) is -0.0924. The molecule has 1 fully saturated rings. The number of hydrogen-bond donors (Lipinski definition) is 1. The van der Waals surface area contributed by atoms with E-state index in [9.17, 15) is 9.59 Å². The lowest BCUT2D eigenvalue weighted by molar-refractivity contribution is -0.114. The number of benzene rings is 2. The predicted octanol–water partition coefficient (Wildman–Crippen LogP) is 3.73. The van der Waals surface area contributed by atoms with Crippen molar-refractivity contribution in [1.29, 1.82) is 0 Å². The Bertz CT molecular complexity index is 1170. The fourth-order valence-corrected chi connectivity index (χ4v) is 4.33. The zero-order valence-corrected chi connectivity index (χ0v) is 16.2. The summed E-state index contributed by atoms with van der Waals surface area (Å²) in [6.45, 7) is 2.91. The van der Waals surface area contributed by atoms with Gasteiger partial charge in [-0.15, -0.1) is 0 Å². The molecule has 0 unspecified atom stereocenters. The third-order valence-corrected chi connectivity index (χ3v) is 5.88. The van der Waals surface area contributed by atoms with Gasteiger partial charge in [0.15, 0.2) is 0 Å². The van der Waals surface area contributed by atoms with Crippen LogP contribution < -0.4 is 15.4 Å². The van der Waals surface area contributed by atoms with E-state index in [1.54, 1.807) is 11.0 Å². The van der Waals surface area contributed by atoms with Gasteiger partial charge < -0.3 is 14.8 Å². The molecule has 1 saturated heterocycles. The molecule has 5 heteroatoms. The highest BCUT2D eigenvalue weighted by Gasteiger charge is 2.24. The van der Waals surface area contributed by atoms with Crippen LogP contribution in [0, 0.1) is 0 Å². The number of nitrogens with zero attached hydrogens (tertiary/aromatic N) is 2. The van der Waals surface area contributed by atoms with Gasteiger partial charge in [0.1, 0.15) is 0 Å². The molecule has 0 saturated carbocycles. The second-order valence-corrected chi connectivity index (χ2v) is 7.72. The Labute approximate surface area is 169 Å². The van der Waals surface area contributed by atoms with Crippen molar-refractivity contribution in [1.82, 2.24) is 4.98 Å². The molecule has 0 radical (unpaired) electrons. The van der Waals surface area contributed by atoms with Crippen LogP contribution in [0.1, 0.15) is 24.0 Å². The summed E-state index contributed by atoms with van der Waals surface area (Å²) < 4.78 is 0. The molecule has 0 atom stereocenters. The number of nitrogens with one attached hydrogen (secondary N) is 1. The molecular formula is C24H23N3O2. The van der Waals surface area contributed by atoms with Crippen LogP contribution in [0.5, 0.6) is 0 Å². The molecule has 5 rings (SSSR count). The van der Waals surface area contributed by atoms with Gasteiger partial charge in [-0.25, -0.2) is 0 Å². The Morgan fingerprint density at radius 2 is 1.83 bits per heavy atom. The molecule has 2 aromatic carbocycles. The van der Waals surface area contributed by atoms with Crippen molar-refractivity contribution in [2.45, 2.75) is 19.3 Å². The summed E-state index contributed by atoms with van der Waals surface area (Å²) in [7, 11) is 0. The van der Waals surface area contributed by atoms with E-state index < -0.39 is 0 Å². The average molecular weight is 385 g/mol. The highest BCUT2D eigenvalue weighted by Crippen LogP contribution is 2.33. The van der Waals surface area contributed by atoms with Crippen molar-refractivity contribution in [2.75, 3.05) is 29.4 Å². The molecule has 0 bridgehead atoms. The fraction of sp³-hybridized carbons (Fsp3) is 0.250. The molecule has 1 aromatic heterocycles. The lowest BCUT2D eigenvalue weighted by atomic mass is 10.1. The number of carbonyl (C=O) groups is 1. The van der Waals surface area contributed by atoms with Crippen LogP contribution in [0.15, 0.2) is 59.4 Å². The van der Waals surface area contributed by atoms with Crippen LogP contribution in [0.25, 0.3) is 17.0 Å². The third-order valence-electron chi connectivity index (χ3n) is 5.88. The van der Waals surface area contributed by atoms with Crippen LogP contribution in [-0.2, 0) is 11.2 Å². The lowest BCUT2D eigenvalue weighted by Gasteiger charge is -2.20. The van der Waals surface area contributed by atoms with Gasteiger partial charge in [-0.05, 0) is 66.6 Å². The summed E-state index contributed by atoms with van der Waals surface area (Å²) in [6, 6.07) is 15.8. The standard InChI is InChI=1S/C24H23N3O2/c28-23(10-7-19-15-17-5-1-2-6-21(17)25-24(19)29)27-14-11-18-16-20(8-9-22(18)27)26-12-3-4-13-26/h1-2,5-10,15-16H,3-4,11-14H2,(H,25,29)/b10-7+. The Kier molecular flexibility index (Phi) is 4.43. The minimum absolute atomic E-state index is 0.0924. The Morgan fingerprint density at radius 3 is 2.69 bits per heavy atom. The van der Waals surface area contributed by atoms with Crippen molar-refractivity contribution >= 4 is 34.3 Å². The molecule has 29 heavy (non-hydrogen) atoms. The van der Waals surface area contributed by atoms with E-state index in [0.717, 1.165) is 36.1 Å². The topological polar surface area (TPSA) is 56.4 Å². The first-order valence-electron chi connectivity index (χ1n) is 10.2. The summed E-state index contributed by atoms with van der Waals surface area (Å²) in [4.78, 5) is 32.2. The molecule has 3 heterocycles. The number of fused-ring (bicyclic) bond motifs is 2. The van der Waals surface area contributed by atoms with Crippen LogP contribution in [-0.4, -0.2) is 30.5 Å². The Morgan fingerprint density at radius 1 is 1.00 bits per heavy atom. The molecule has 5 nitrogen and oxygen atoms in total. The minimum Gasteiger partial charge on any atom is -0.372 e. The monoisotopic (exact) mass is 385 g/mol. The number of amides is 1. The number of hydrogen-bond acceptors (Lipinski definition) is 3. The molecular weight excluding hydrogens is 362 g/mol. The second kappa shape index (κ2) is 7.24. The van der Waals surface area contributed by atoms with Crippen molar-refractivity contribution in [3.8, 4) is 0 Å². The Hall–Kier alpha value is -3.34. The first kappa shape index (κ1) is 17.7. The third kappa shape index (κ3) is 3.33. The van der Waals surface area contributed by atoms with Gasteiger partial charge in [0, 0.05) is 48.2 Å². The van der Waals surface area contributed by atoms with Crippen LogP contribution in [0.2, 0.25) is 0 Å². The van der Waals surface area contributed by atoms with Gasteiger partial charge in [-0.2, -0.15) is 0 Å². The maximum absolute atomic E-state index is 12.8. The van der Waals surface area contributed by atoms with E-state index >= 15 is 0 Å². The number of pyridine rings is 1. The number of rotatable bonds is 3. The van der Waals surface area contributed by atoms with E-state index in [0.29, 0.717) is 12.1 Å². The molecule has 1 N–H and O–H groups in total. The SMILES string of the molecule is O=C(/C=C/c1cc2ccccc2[nH]c1=O)N1CCc2cc(N3CCCC3)ccc21. The number of aromatic amines is 1. The van der Waals surface area contributed by atoms with E-state index in [1.807, 2.05) is 30.3 Å². The molecule has 146 valence electrons. The zero-order valence-electron chi connectivity index (χ0n) is 16.2. The van der Waals surface area contributed by atoms with Crippen molar-refractivity contribution in [2.24, 2.45) is 0 Å². The summed E-state index contributed by atoms with van der Waals surface area (Å²) >= 11 is 0. The van der Waals surface area contributed by atoms with Gasteiger partial charge in [-0.3, -0.25) is 9.59 Å². The van der Waals surface area contributed by atoms with Crippen molar-refractivity contribution in [3.63, 3.8) is 0 Å². The molecule has 1 amide bonds. The second-order valence-electron chi connectivity index (χ2n) is 7.72. The first-order valence-corrected chi connectivity index (χ1v) is 10.2. The lowest BCUT2D eigenvalue weighted by Crippen LogP contribution is -2.27. The normalized spacial score (nSPS) is 16.1. The predicted molar refractivity (Wildman–Crippen MR) is 118 cm³/mol. The molecule has 2 aliphatic heterocycles. The zero-order chi connectivity index (χ0) is 19.8. The van der Waals surface area contributed by atoms with E-state index in [-0.39, 0.29) is 11.5 Å². The van der Waals surface area contributed by atoms with Crippen molar-refractivity contribution < 1.29 is 4.79 Å². The highest BCUT2D eigenvalue weighted by atomic mass is 16.2. The van der Waals surface area contributed by atoms with Gasteiger partial charge in [0.05, 0.1) is 0 Å². The first-order chi connectivity index (χ1) is 14.2. The van der Waals surface area contributed by atoms with Gasteiger partial charge in [0.2, 0.25) is 0 Å². The van der Waals surface area contributed by atoms with E-state index in [2.05, 4.69) is 28.1 Å². The quantitative estimate of drug-likeness (QED) is 0.699. The van der Waals surface area contributed by atoms with Crippen molar-refractivity contribution in [3.05, 3.63) is 76.1 Å². The van der Waals surface area contributed by atoms with E-state index in [4.69, 9.17) is 0 Å². The van der Waals surface area contributed by atoms with Crippen LogP contribution in [0.4, 0.5) is 11.4 Å². The Balaban J connectivity index is 1.37. The number of H-pyrrole nitrogens is 1. The molecule has 0 aliphatic carbocycles. The smallest absolute Gasteiger partial charge is 0.255 e. The summed E-state index contributed by atoms with van der Waals surface area (Å²) in [5.41, 5.74) is 4.55. The molecule has 3 aromatic rings. The number of para-hydroxylation sites is 1.